The van der Waals surface area contributed by atoms with Crippen molar-refractivity contribution in [3.8, 4) is 11.4 Å². The Labute approximate surface area is 140 Å². The van der Waals surface area contributed by atoms with Crippen molar-refractivity contribution < 1.29 is 18.5 Å². The summed E-state index contributed by atoms with van der Waals surface area (Å²) in [6.07, 6.45) is 3.80. The average Bonchev–Trinajstić information content (AvgIpc) is 3.19. The van der Waals surface area contributed by atoms with E-state index in [4.69, 9.17) is 13.7 Å². The summed E-state index contributed by atoms with van der Waals surface area (Å²) in [5, 5.41) is 9.80. The smallest absolute Gasteiger partial charge is 0.227 e. The Morgan fingerprint density at radius 2 is 2.22 bits per heavy atom. The predicted octanol–water partition coefficient (Wildman–Crippen LogP) is 1.04. The van der Waals surface area contributed by atoms with Crippen LogP contribution in [0, 0.1) is 0 Å². The van der Waals surface area contributed by atoms with Crippen molar-refractivity contribution in [1.82, 2.24) is 20.8 Å². The molecule has 0 aliphatic carbocycles. The normalized spacial score (nSPS) is 10.3. The quantitative estimate of drug-likeness (QED) is 0.621. The fourth-order valence-corrected chi connectivity index (χ4v) is 1.76. The molecular formula is C14H21ClN4O4. The van der Waals surface area contributed by atoms with E-state index in [-0.39, 0.29) is 18.3 Å². The molecule has 9 heteroatoms. The molecule has 0 saturated heterocycles. The van der Waals surface area contributed by atoms with Gasteiger partial charge in [-0.15, -0.1) is 12.4 Å². The second-order valence-corrected chi connectivity index (χ2v) is 4.62. The number of amides is 1. The van der Waals surface area contributed by atoms with E-state index >= 15 is 0 Å². The molecule has 0 saturated carbocycles. The number of ether oxygens (including phenoxy) is 1. The molecule has 128 valence electrons. The number of hydrogen-bond acceptors (Lipinski definition) is 7. The Kier molecular flexibility index (Phi) is 8.96. The van der Waals surface area contributed by atoms with Gasteiger partial charge in [-0.3, -0.25) is 4.79 Å². The van der Waals surface area contributed by atoms with Gasteiger partial charge in [0, 0.05) is 39.6 Å². The number of hydrogen-bond donors (Lipinski definition) is 2. The predicted molar refractivity (Wildman–Crippen MR) is 85.3 cm³/mol. The summed E-state index contributed by atoms with van der Waals surface area (Å²) < 4.78 is 15.0. The first-order chi connectivity index (χ1) is 10.8. The van der Waals surface area contributed by atoms with Gasteiger partial charge in [0.05, 0.1) is 18.4 Å². The van der Waals surface area contributed by atoms with Crippen LogP contribution in [-0.2, 0) is 16.0 Å². The topological polar surface area (TPSA) is 102 Å². The second-order valence-electron chi connectivity index (χ2n) is 4.62. The van der Waals surface area contributed by atoms with Gasteiger partial charge in [-0.1, -0.05) is 5.16 Å². The fraction of sp³-hybridized carbons (Fsp3) is 0.500. The van der Waals surface area contributed by atoms with E-state index in [0.29, 0.717) is 44.3 Å². The van der Waals surface area contributed by atoms with Crippen LogP contribution in [-0.4, -0.2) is 49.4 Å². The number of nitrogens with zero attached hydrogens (tertiary/aromatic N) is 2. The van der Waals surface area contributed by atoms with E-state index in [1.807, 2.05) is 0 Å². The molecule has 1 amide bonds. The van der Waals surface area contributed by atoms with Crippen LogP contribution in [0.3, 0.4) is 0 Å². The van der Waals surface area contributed by atoms with Crippen molar-refractivity contribution in [1.29, 1.82) is 0 Å². The molecule has 0 aliphatic heterocycles. The molecule has 2 aromatic rings. The number of furan rings is 1. The monoisotopic (exact) mass is 344 g/mol. The maximum atomic E-state index is 11.7. The van der Waals surface area contributed by atoms with Crippen molar-refractivity contribution in [2.24, 2.45) is 0 Å². The van der Waals surface area contributed by atoms with Crippen LogP contribution >= 0.6 is 12.4 Å². The molecule has 8 nitrogen and oxygen atoms in total. The van der Waals surface area contributed by atoms with Crippen LogP contribution in [0.4, 0.5) is 0 Å². The summed E-state index contributed by atoms with van der Waals surface area (Å²) in [7, 11) is 1.65. The highest BCUT2D eigenvalue weighted by atomic mass is 35.5. The molecule has 2 N–H and O–H groups in total. The van der Waals surface area contributed by atoms with Crippen LogP contribution in [0.5, 0.6) is 0 Å². The first-order valence-electron chi connectivity index (χ1n) is 7.11. The Morgan fingerprint density at radius 1 is 1.35 bits per heavy atom. The molecule has 0 atom stereocenters. The van der Waals surface area contributed by atoms with E-state index in [1.165, 1.54) is 6.26 Å². The third-order valence-corrected chi connectivity index (χ3v) is 2.92. The zero-order valence-electron chi connectivity index (χ0n) is 12.9. The molecule has 0 unspecified atom stereocenters. The summed E-state index contributed by atoms with van der Waals surface area (Å²) in [6.45, 7) is 2.71. The van der Waals surface area contributed by atoms with Gasteiger partial charge in [0.25, 0.3) is 0 Å². The van der Waals surface area contributed by atoms with Gasteiger partial charge in [0.1, 0.15) is 6.26 Å². The molecule has 23 heavy (non-hydrogen) atoms. The summed E-state index contributed by atoms with van der Waals surface area (Å²) in [6, 6.07) is 1.75. The van der Waals surface area contributed by atoms with Crippen LogP contribution in [0.2, 0.25) is 0 Å². The minimum atomic E-state index is -0.0448. The van der Waals surface area contributed by atoms with Gasteiger partial charge in [-0.2, -0.15) is 4.98 Å². The van der Waals surface area contributed by atoms with Crippen LogP contribution in [0.1, 0.15) is 12.3 Å². The van der Waals surface area contributed by atoms with E-state index in [1.54, 1.807) is 19.4 Å². The molecule has 0 bridgehead atoms. The fourth-order valence-electron chi connectivity index (χ4n) is 1.76. The number of carbonyl (C=O) groups is 1. The number of nitrogens with one attached hydrogen (secondary N) is 2. The van der Waals surface area contributed by atoms with Crippen LogP contribution in [0.15, 0.2) is 27.5 Å². The highest BCUT2D eigenvalue weighted by Gasteiger charge is 2.11. The van der Waals surface area contributed by atoms with Crippen molar-refractivity contribution in [3.05, 3.63) is 24.5 Å². The molecule has 2 rings (SSSR count). The third kappa shape index (κ3) is 6.81. The lowest BCUT2D eigenvalue weighted by molar-refractivity contribution is -0.121. The Balaban J connectivity index is 0.00000264. The third-order valence-electron chi connectivity index (χ3n) is 2.92. The minimum Gasteiger partial charge on any atom is -0.472 e. The highest BCUT2D eigenvalue weighted by Crippen LogP contribution is 2.16. The van der Waals surface area contributed by atoms with Gasteiger partial charge < -0.3 is 24.3 Å². The highest BCUT2D eigenvalue weighted by molar-refractivity contribution is 5.85. The van der Waals surface area contributed by atoms with Crippen molar-refractivity contribution in [2.45, 2.75) is 12.8 Å². The summed E-state index contributed by atoms with van der Waals surface area (Å²) in [5.41, 5.74) is 0.751. The van der Waals surface area contributed by atoms with Crippen molar-refractivity contribution >= 4 is 18.3 Å². The standard InChI is InChI=1S/C14H20N4O4.ClH/c1-20-9-7-15-5-6-16-12(19)2-3-13-17-14(18-22-13)11-4-8-21-10-11;/h4,8,10,15H,2-3,5-7,9H2,1H3,(H,16,19);1H. The lowest BCUT2D eigenvalue weighted by Gasteiger charge is -2.05. The molecular weight excluding hydrogens is 324 g/mol. The van der Waals surface area contributed by atoms with Crippen molar-refractivity contribution in [2.75, 3.05) is 33.4 Å². The van der Waals surface area contributed by atoms with E-state index < -0.39 is 0 Å². The number of carbonyl (C=O) groups excluding carboxylic acids is 1. The van der Waals surface area contributed by atoms with Gasteiger partial charge in [-0.05, 0) is 6.07 Å². The SMILES string of the molecule is COCCNCCNC(=O)CCc1nc(-c2ccoc2)no1.Cl. The largest absolute Gasteiger partial charge is 0.472 e. The number of aromatic nitrogens is 2. The zero-order chi connectivity index (χ0) is 15.6. The molecule has 0 fully saturated rings. The molecule has 0 radical (unpaired) electrons. The van der Waals surface area contributed by atoms with Crippen LogP contribution in [0.25, 0.3) is 11.4 Å². The van der Waals surface area contributed by atoms with Gasteiger partial charge in [0.2, 0.25) is 17.6 Å². The number of halogens is 1. The molecule has 0 spiro atoms. The molecule has 0 aromatic carbocycles. The maximum Gasteiger partial charge on any atom is 0.227 e. The maximum absolute atomic E-state index is 11.7. The first-order valence-corrected chi connectivity index (χ1v) is 7.11. The van der Waals surface area contributed by atoms with Crippen LogP contribution < -0.4 is 10.6 Å². The molecule has 0 aliphatic rings. The molecule has 2 heterocycles. The van der Waals surface area contributed by atoms with Gasteiger partial charge >= 0.3 is 0 Å². The van der Waals surface area contributed by atoms with Crippen molar-refractivity contribution in [3.63, 3.8) is 0 Å². The van der Waals surface area contributed by atoms with Gasteiger partial charge in [-0.25, -0.2) is 0 Å². The summed E-state index contributed by atoms with van der Waals surface area (Å²) in [4.78, 5) is 15.9. The van der Waals surface area contributed by atoms with E-state index in [9.17, 15) is 4.79 Å². The Hall–Kier alpha value is -1.90. The van der Waals surface area contributed by atoms with E-state index in [2.05, 4.69) is 20.8 Å². The second kappa shape index (κ2) is 10.8. The number of methoxy groups -OCH3 is 1. The summed E-state index contributed by atoms with van der Waals surface area (Å²) in [5.74, 6) is 0.854. The first kappa shape index (κ1) is 19.1. The number of rotatable bonds is 10. The molecule has 2 aromatic heterocycles. The lowest BCUT2D eigenvalue weighted by atomic mass is 10.3. The summed E-state index contributed by atoms with van der Waals surface area (Å²) >= 11 is 0. The van der Waals surface area contributed by atoms with Gasteiger partial charge in [0.15, 0.2) is 0 Å². The van der Waals surface area contributed by atoms with E-state index in [0.717, 1.165) is 12.1 Å². The number of aryl methyl sites for hydroxylation is 1. The average molecular weight is 345 g/mol. The lowest BCUT2D eigenvalue weighted by Crippen LogP contribution is -2.33. The Morgan fingerprint density at radius 3 is 2.96 bits per heavy atom. The minimum absolute atomic E-state index is 0. The Bertz CT molecular complexity index is 559. The zero-order valence-corrected chi connectivity index (χ0v) is 13.7.